The van der Waals surface area contributed by atoms with Crippen LogP contribution in [0.3, 0.4) is 0 Å². The molecule has 116 valence electrons. The lowest BCUT2D eigenvalue weighted by Crippen LogP contribution is -2.49. The van der Waals surface area contributed by atoms with Crippen LogP contribution in [0.5, 0.6) is 0 Å². The summed E-state index contributed by atoms with van der Waals surface area (Å²) in [7, 11) is 0. The molecule has 21 heavy (non-hydrogen) atoms. The van der Waals surface area contributed by atoms with Gasteiger partial charge < -0.3 is 15.7 Å². The van der Waals surface area contributed by atoms with Crippen molar-refractivity contribution < 1.29 is 14.7 Å². The molecule has 5 heteroatoms. The van der Waals surface area contributed by atoms with Crippen molar-refractivity contribution in [1.29, 1.82) is 0 Å². The van der Waals surface area contributed by atoms with E-state index in [-0.39, 0.29) is 12.5 Å². The minimum atomic E-state index is -1.04. The first kappa shape index (κ1) is 17.0. The van der Waals surface area contributed by atoms with Gasteiger partial charge in [-0.15, -0.1) is 0 Å². The summed E-state index contributed by atoms with van der Waals surface area (Å²) in [6.07, 6.45) is 1.12. The smallest absolute Gasteiger partial charge is 0.326 e. The Morgan fingerprint density at radius 3 is 2.24 bits per heavy atom. The molecular formula is C16H24N2O3. The second-order valence-electron chi connectivity index (χ2n) is 5.73. The minimum Gasteiger partial charge on any atom is -0.480 e. The van der Waals surface area contributed by atoms with Crippen molar-refractivity contribution in [3.05, 3.63) is 35.9 Å². The van der Waals surface area contributed by atoms with Crippen molar-refractivity contribution in [2.24, 2.45) is 5.92 Å². The van der Waals surface area contributed by atoms with Crippen molar-refractivity contribution in [1.82, 2.24) is 10.6 Å². The molecule has 3 N–H and O–H groups in total. The van der Waals surface area contributed by atoms with Crippen LogP contribution in [0.1, 0.15) is 32.8 Å². The third kappa shape index (κ3) is 6.79. The lowest BCUT2D eigenvalue weighted by Gasteiger charge is -2.19. The Balaban J connectivity index is 2.54. The molecule has 1 unspecified atom stereocenters. The highest BCUT2D eigenvalue weighted by atomic mass is 16.4. The number of nitrogens with one attached hydrogen (secondary N) is 2. The van der Waals surface area contributed by atoms with Crippen LogP contribution in [0.4, 0.5) is 4.79 Å². The zero-order valence-corrected chi connectivity index (χ0v) is 12.8. The van der Waals surface area contributed by atoms with Crippen LogP contribution >= 0.6 is 0 Å². The molecule has 1 aromatic carbocycles. The van der Waals surface area contributed by atoms with Gasteiger partial charge in [0, 0.05) is 12.5 Å². The number of hydrogen-bond acceptors (Lipinski definition) is 2. The zero-order valence-electron chi connectivity index (χ0n) is 12.8. The Hall–Kier alpha value is -2.04. The van der Waals surface area contributed by atoms with Crippen LogP contribution in [0.15, 0.2) is 30.3 Å². The Kier molecular flexibility index (Phi) is 6.72. The number of carbonyl (C=O) groups is 2. The standard InChI is InChI=1S/C16H24N2O3/c1-11(2)9-12(3)17-16(21)18-14(15(19)20)10-13-7-5-4-6-8-13/h4-8,11-12,14H,9-10H2,1-3H3,(H,19,20)(H2,17,18,21)/t12?,14-/m1/s1. The topological polar surface area (TPSA) is 78.4 Å². The summed E-state index contributed by atoms with van der Waals surface area (Å²) in [5, 5.41) is 14.5. The van der Waals surface area contributed by atoms with Crippen molar-refractivity contribution in [2.75, 3.05) is 0 Å². The number of benzene rings is 1. The molecule has 0 fully saturated rings. The largest absolute Gasteiger partial charge is 0.480 e. The van der Waals surface area contributed by atoms with E-state index in [4.69, 9.17) is 0 Å². The fourth-order valence-corrected chi connectivity index (χ4v) is 2.24. The van der Waals surface area contributed by atoms with Gasteiger partial charge in [0.2, 0.25) is 0 Å². The summed E-state index contributed by atoms with van der Waals surface area (Å²) in [6, 6.07) is 7.89. The van der Waals surface area contributed by atoms with Crippen molar-refractivity contribution in [3.63, 3.8) is 0 Å². The molecule has 1 aromatic rings. The van der Waals surface area contributed by atoms with E-state index in [0.29, 0.717) is 5.92 Å². The number of rotatable bonds is 7. The predicted octanol–water partition coefficient (Wildman–Crippen LogP) is 2.42. The maximum absolute atomic E-state index is 11.9. The fourth-order valence-electron chi connectivity index (χ4n) is 2.24. The average molecular weight is 292 g/mol. The quantitative estimate of drug-likeness (QED) is 0.722. The number of carbonyl (C=O) groups excluding carboxylic acids is 1. The number of carboxylic acid groups (broad SMARTS) is 1. The molecular weight excluding hydrogens is 268 g/mol. The van der Waals surface area contributed by atoms with E-state index in [2.05, 4.69) is 24.5 Å². The van der Waals surface area contributed by atoms with E-state index in [1.54, 1.807) is 0 Å². The SMILES string of the molecule is CC(C)CC(C)NC(=O)N[C@H](Cc1ccccc1)C(=O)O. The van der Waals surface area contributed by atoms with Gasteiger partial charge in [0.05, 0.1) is 0 Å². The molecule has 0 bridgehead atoms. The second kappa shape index (κ2) is 8.29. The van der Waals surface area contributed by atoms with Gasteiger partial charge in [0.15, 0.2) is 0 Å². The molecule has 0 radical (unpaired) electrons. The summed E-state index contributed by atoms with van der Waals surface area (Å²) in [6.45, 7) is 6.06. The molecule has 1 rings (SSSR count). The van der Waals surface area contributed by atoms with E-state index in [0.717, 1.165) is 12.0 Å². The van der Waals surface area contributed by atoms with Crippen molar-refractivity contribution >= 4 is 12.0 Å². The molecule has 0 aliphatic heterocycles. The summed E-state index contributed by atoms with van der Waals surface area (Å²) in [5.41, 5.74) is 0.875. The van der Waals surface area contributed by atoms with Crippen LogP contribution in [0.2, 0.25) is 0 Å². The summed E-state index contributed by atoms with van der Waals surface area (Å²) in [5.74, 6) is -0.564. The minimum absolute atomic E-state index is 0.0103. The number of carboxylic acids is 1. The molecule has 0 aliphatic carbocycles. The molecule has 0 spiro atoms. The number of urea groups is 1. The van der Waals surface area contributed by atoms with E-state index >= 15 is 0 Å². The Bertz CT molecular complexity index is 460. The molecule has 0 aliphatic rings. The highest BCUT2D eigenvalue weighted by Gasteiger charge is 2.21. The maximum Gasteiger partial charge on any atom is 0.326 e. The molecule has 2 atom stereocenters. The Morgan fingerprint density at radius 1 is 1.10 bits per heavy atom. The van der Waals surface area contributed by atoms with Crippen LogP contribution < -0.4 is 10.6 Å². The lowest BCUT2D eigenvalue weighted by atomic mass is 10.1. The highest BCUT2D eigenvalue weighted by Crippen LogP contribution is 2.05. The summed E-state index contributed by atoms with van der Waals surface area (Å²) >= 11 is 0. The van der Waals surface area contributed by atoms with Gasteiger partial charge in [-0.3, -0.25) is 0 Å². The first-order valence-corrected chi connectivity index (χ1v) is 7.22. The number of amides is 2. The van der Waals surface area contributed by atoms with Crippen LogP contribution in [0.25, 0.3) is 0 Å². The summed E-state index contributed by atoms with van der Waals surface area (Å²) in [4.78, 5) is 23.1. The molecule has 0 saturated carbocycles. The summed E-state index contributed by atoms with van der Waals surface area (Å²) < 4.78 is 0. The van der Waals surface area contributed by atoms with Crippen LogP contribution in [-0.2, 0) is 11.2 Å². The Morgan fingerprint density at radius 2 is 1.71 bits per heavy atom. The molecule has 0 saturated heterocycles. The first-order valence-electron chi connectivity index (χ1n) is 7.22. The van der Waals surface area contributed by atoms with E-state index < -0.39 is 18.0 Å². The first-order chi connectivity index (χ1) is 9.88. The number of aliphatic carboxylic acids is 1. The lowest BCUT2D eigenvalue weighted by molar-refractivity contribution is -0.139. The van der Waals surface area contributed by atoms with Gasteiger partial charge in [0.25, 0.3) is 0 Å². The van der Waals surface area contributed by atoms with Crippen LogP contribution in [-0.4, -0.2) is 29.2 Å². The van der Waals surface area contributed by atoms with Crippen molar-refractivity contribution in [3.8, 4) is 0 Å². The van der Waals surface area contributed by atoms with E-state index in [1.807, 2.05) is 37.3 Å². The molecule has 0 aromatic heterocycles. The number of hydrogen-bond donors (Lipinski definition) is 3. The van der Waals surface area contributed by atoms with Gasteiger partial charge in [-0.1, -0.05) is 44.2 Å². The zero-order chi connectivity index (χ0) is 15.8. The van der Waals surface area contributed by atoms with Gasteiger partial charge in [0.1, 0.15) is 6.04 Å². The third-order valence-electron chi connectivity index (χ3n) is 3.09. The molecule has 5 nitrogen and oxygen atoms in total. The normalized spacial score (nSPS) is 13.5. The molecule has 0 heterocycles. The average Bonchev–Trinajstić information content (AvgIpc) is 2.37. The van der Waals surface area contributed by atoms with Gasteiger partial charge in [-0.25, -0.2) is 9.59 Å². The maximum atomic E-state index is 11.9. The third-order valence-corrected chi connectivity index (χ3v) is 3.09. The van der Waals surface area contributed by atoms with E-state index in [9.17, 15) is 14.7 Å². The van der Waals surface area contributed by atoms with Gasteiger partial charge >= 0.3 is 12.0 Å². The predicted molar refractivity (Wildman–Crippen MR) is 82.2 cm³/mol. The fraction of sp³-hybridized carbons (Fsp3) is 0.500. The van der Waals surface area contributed by atoms with Crippen LogP contribution in [0, 0.1) is 5.92 Å². The van der Waals surface area contributed by atoms with Crippen molar-refractivity contribution in [2.45, 2.75) is 45.7 Å². The monoisotopic (exact) mass is 292 g/mol. The highest BCUT2D eigenvalue weighted by molar-refractivity contribution is 5.82. The second-order valence-corrected chi connectivity index (χ2v) is 5.73. The molecule has 2 amide bonds. The van der Waals surface area contributed by atoms with Gasteiger partial charge in [-0.05, 0) is 24.8 Å². The Labute approximate surface area is 125 Å². The van der Waals surface area contributed by atoms with E-state index in [1.165, 1.54) is 0 Å². The van der Waals surface area contributed by atoms with Gasteiger partial charge in [-0.2, -0.15) is 0 Å².